The van der Waals surface area contributed by atoms with Crippen molar-refractivity contribution in [1.82, 2.24) is 16.3 Å². The molecule has 178 valence electrons. The lowest BCUT2D eigenvalue weighted by atomic mass is 9.97. The molecule has 36 heavy (non-hydrogen) atoms. The molecule has 5 rings (SSSR count). The number of nitrogens with one attached hydrogen (secondary N) is 3. The van der Waals surface area contributed by atoms with Gasteiger partial charge in [0.25, 0.3) is 0 Å². The summed E-state index contributed by atoms with van der Waals surface area (Å²) in [6.45, 7) is 0. The van der Waals surface area contributed by atoms with Gasteiger partial charge in [-0.2, -0.15) is 5.10 Å². The predicted octanol–water partition coefficient (Wildman–Crippen LogP) is 6.23. The minimum Gasteiger partial charge on any atom is -0.306 e. The normalized spacial score (nSPS) is 15.9. The first-order valence-corrected chi connectivity index (χ1v) is 12.7. The van der Waals surface area contributed by atoms with E-state index in [0.717, 1.165) is 16.8 Å². The number of rotatable bonds is 8. The zero-order chi connectivity index (χ0) is 24.4. The smallest absolute Gasteiger partial charge is 0.232 e. The van der Waals surface area contributed by atoms with Crippen LogP contribution in [0.15, 0.2) is 149 Å². The fourth-order valence-electron chi connectivity index (χ4n) is 3.91. The number of hydrazone groups is 1. The second kappa shape index (κ2) is 11.9. The molecule has 0 aromatic heterocycles. The molecule has 5 nitrogen and oxygen atoms in total. The van der Waals surface area contributed by atoms with E-state index >= 15 is 0 Å². The maximum absolute atomic E-state index is 4.91. The summed E-state index contributed by atoms with van der Waals surface area (Å²) in [6, 6.07) is 41.0. The maximum atomic E-state index is 4.91. The largest absolute Gasteiger partial charge is 0.306 e. The SMILES string of the molecule is C(=C\C(Sc1ccccc1)c1ccccc1)/NNC1=NC(c2ccccc2)C(c2ccccc2)=NN1. The summed E-state index contributed by atoms with van der Waals surface area (Å²) in [5.41, 5.74) is 13.6. The highest BCUT2D eigenvalue weighted by atomic mass is 32.2. The summed E-state index contributed by atoms with van der Waals surface area (Å²) in [5.74, 6) is 0.556. The lowest BCUT2D eigenvalue weighted by molar-refractivity contribution is 0.735. The number of hydrogen-bond donors (Lipinski definition) is 3. The second-order valence-electron chi connectivity index (χ2n) is 8.16. The Balaban J connectivity index is 1.29. The van der Waals surface area contributed by atoms with Gasteiger partial charge in [-0.25, -0.2) is 10.4 Å². The maximum Gasteiger partial charge on any atom is 0.232 e. The van der Waals surface area contributed by atoms with Gasteiger partial charge in [-0.15, -0.1) is 11.8 Å². The van der Waals surface area contributed by atoms with Crippen LogP contribution in [0.3, 0.4) is 0 Å². The summed E-state index contributed by atoms with van der Waals surface area (Å²) in [5, 5.41) is 4.82. The third kappa shape index (κ3) is 6.03. The van der Waals surface area contributed by atoms with E-state index in [1.165, 1.54) is 10.5 Å². The Morgan fingerprint density at radius 3 is 2.06 bits per heavy atom. The first kappa shape index (κ1) is 23.5. The van der Waals surface area contributed by atoms with E-state index in [1.54, 1.807) is 11.8 Å². The van der Waals surface area contributed by atoms with Gasteiger partial charge >= 0.3 is 0 Å². The second-order valence-corrected chi connectivity index (χ2v) is 9.37. The van der Waals surface area contributed by atoms with Gasteiger partial charge in [-0.1, -0.05) is 109 Å². The van der Waals surface area contributed by atoms with Gasteiger partial charge in [0.2, 0.25) is 5.96 Å². The number of thioether (sulfide) groups is 1. The molecule has 6 heteroatoms. The van der Waals surface area contributed by atoms with Crippen LogP contribution in [0.1, 0.15) is 28.0 Å². The standard InChI is InChI=1S/C30H27N5S/c1-5-13-23(14-6-1)27(36-26-19-11-4-12-20-26)21-22-31-34-30-32-28(24-15-7-2-8-16-24)29(33-35-30)25-17-9-3-10-18-25/h1-22,27-28,31H,(H2,32,34,35)/b22-21+. The monoisotopic (exact) mass is 489 g/mol. The minimum absolute atomic E-state index is 0.156. The minimum atomic E-state index is -0.214. The van der Waals surface area contributed by atoms with Gasteiger partial charge in [0.05, 0.1) is 11.0 Å². The van der Waals surface area contributed by atoms with Gasteiger partial charge in [-0.3, -0.25) is 5.43 Å². The Kier molecular flexibility index (Phi) is 7.76. The van der Waals surface area contributed by atoms with E-state index in [4.69, 9.17) is 4.99 Å². The molecular formula is C30H27N5S. The van der Waals surface area contributed by atoms with Crippen LogP contribution in [-0.2, 0) is 0 Å². The van der Waals surface area contributed by atoms with Crippen molar-refractivity contribution in [3.63, 3.8) is 0 Å². The molecule has 0 radical (unpaired) electrons. The molecule has 0 amide bonds. The Bertz CT molecular complexity index is 1320. The number of hydrogen-bond acceptors (Lipinski definition) is 6. The summed E-state index contributed by atoms with van der Waals surface area (Å²) in [6.07, 6.45) is 4.04. The lowest BCUT2D eigenvalue weighted by Crippen LogP contribution is -2.44. The molecule has 0 bridgehead atoms. The van der Waals surface area contributed by atoms with Crippen LogP contribution in [-0.4, -0.2) is 11.7 Å². The van der Waals surface area contributed by atoms with Crippen molar-refractivity contribution in [3.8, 4) is 0 Å². The molecule has 4 aromatic carbocycles. The van der Waals surface area contributed by atoms with Crippen molar-refractivity contribution >= 4 is 23.4 Å². The molecule has 1 heterocycles. The Morgan fingerprint density at radius 1 is 0.750 bits per heavy atom. The Labute approximate surface area is 216 Å². The third-order valence-electron chi connectivity index (χ3n) is 5.66. The van der Waals surface area contributed by atoms with Crippen LogP contribution >= 0.6 is 11.8 Å². The number of hydrazine groups is 1. The highest BCUT2D eigenvalue weighted by molar-refractivity contribution is 7.99. The van der Waals surface area contributed by atoms with Gasteiger partial charge in [-0.05, 0) is 29.3 Å². The van der Waals surface area contributed by atoms with Crippen LogP contribution in [0.25, 0.3) is 0 Å². The zero-order valence-electron chi connectivity index (χ0n) is 19.7. The zero-order valence-corrected chi connectivity index (χ0v) is 20.5. The Morgan fingerprint density at radius 2 is 1.36 bits per heavy atom. The van der Waals surface area contributed by atoms with Crippen LogP contribution in [0, 0.1) is 0 Å². The molecule has 0 saturated heterocycles. The fourth-order valence-corrected chi connectivity index (χ4v) is 4.96. The number of aliphatic imine (C=N–C) groups is 1. The van der Waals surface area contributed by atoms with E-state index in [9.17, 15) is 0 Å². The molecular weight excluding hydrogens is 462 g/mol. The molecule has 0 spiro atoms. The van der Waals surface area contributed by atoms with Crippen LogP contribution in [0.2, 0.25) is 0 Å². The third-order valence-corrected chi connectivity index (χ3v) is 6.89. The van der Waals surface area contributed by atoms with Crippen LogP contribution in [0.4, 0.5) is 0 Å². The lowest BCUT2D eigenvalue weighted by Gasteiger charge is -2.23. The van der Waals surface area contributed by atoms with E-state index in [1.807, 2.05) is 54.7 Å². The first-order chi connectivity index (χ1) is 17.9. The molecule has 0 saturated carbocycles. The van der Waals surface area contributed by atoms with Gasteiger partial charge in [0.15, 0.2) is 0 Å². The quantitative estimate of drug-likeness (QED) is 0.203. The predicted molar refractivity (Wildman–Crippen MR) is 150 cm³/mol. The molecule has 3 N–H and O–H groups in total. The van der Waals surface area contributed by atoms with E-state index < -0.39 is 0 Å². The summed E-state index contributed by atoms with van der Waals surface area (Å²) in [7, 11) is 0. The van der Waals surface area contributed by atoms with Gasteiger partial charge in [0.1, 0.15) is 6.04 Å². The molecule has 2 unspecified atom stereocenters. The molecule has 1 aliphatic rings. The summed E-state index contributed by atoms with van der Waals surface area (Å²) in [4.78, 5) is 6.13. The van der Waals surface area contributed by atoms with Crippen LogP contribution in [0.5, 0.6) is 0 Å². The van der Waals surface area contributed by atoms with Crippen molar-refractivity contribution in [2.24, 2.45) is 10.1 Å². The van der Waals surface area contributed by atoms with Crippen molar-refractivity contribution in [3.05, 3.63) is 150 Å². The van der Waals surface area contributed by atoms with Gasteiger partial charge in [0, 0.05) is 16.7 Å². The molecule has 4 aromatic rings. The highest BCUT2D eigenvalue weighted by Gasteiger charge is 2.23. The topological polar surface area (TPSA) is 60.8 Å². The average molecular weight is 490 g/mol. The van der Waals surface area contributed by atoms with Crippen LogP contribution < -0.4 is 16.3 Å². The molecule has 2 atom stereocenters. The number of benzene rings is 4. The fraction of sp³-hybridized carbons (Fsp3) is 0.0667. The first-order valence-electron chi connectivity index (χ1n) is 11.8. The van der Waals surface area contributed by atoms with Crippen molar-refractivity contribution < 1.29 is 0 Å². The highest BCUT2D eigenvalue weighted by Crippen LogP contribution is 2.36. The van der Waals surface area contributed by atoms with E-state index in [2.05, 4.69) is 100 Å². The van der Waals surface area contributed by atoms with E-state index in [-0.39, 0.29) is 11.3 Å². The number of guanidine groups is 1. The van der Waals surface area contributed by atoms with Crippen molar-refractivity contribution in [2.45, 2.75) is 16.2 Å². The van der Waals surface area contributed by atoms with Crippen molar-refractivity contribution in [1.29, 1.82) is 0 Å². The summed E-state index contributed by atoms with van der Waals surface area (Å²) >= 11 is 1.80. The molecule has 1 aliphatic heterocycles. The van der Waals surface area contributed by atoms with Crippen molar-refractivity contribution in [2.75, 3.05) is 0 Å². The Hall–Kier alpha value is -4.29. The molecule has 0 aliphatic carbocycles. The molecule has 0 fully saturated rings. The van der Waals surface area contributed by atoms with E-state index in [0.29, 0.717) is 5.96 Å². The number of nitrogens with zero attached hydrogens (tertiary/aromatic N) is 2. The summed E-state index contributed by atoms with van der Waals surface area (Å²) < 4.78 is 0. The average Bonchev–Trinajstić information content (AvgIpc) is 2.96. The van der Waals surface area contributed by atoms with Gasteiger partial charge < -0.3 is 5.43 Å².